The second-order valence-electron chi connectivity index (χ2n) is 8.46. The summed E-state index contributed by atoms with van der Waals surface area (Å²) in [6.45, 7) is 0.762. The summed E-state index contributed by atoms with van der Waals surface area (Å²) in [6, 6.07) is 0.949. The highest BCUT2D eigenvalue weighted by atomic mass is 32.2. The number of carbonyl (C=O) groups is 2. The van der Waals surface area contributed by atoms with E-state index in [0.29, 0.717) is 6.42 Å². The van der Waals surface area contributed by atoms with Crippen molar-refractivity contribution in [3.8, 4) is 5.75 Å². The summed E-state index contributed by atoms with van der Waals surface area (Å²) < 4.78 is 82.1. The van der Waals surface area contributed by atoms with Gasteiger partial charge in [0.25, 0.3) is 0 Å². The molecule has 1 saturated carbocycles. The smallest absolute Gasteiger partial charge is 0.425 e. The van der Waals surface area contributed by atoms with Gasteiger partial charge in [-0.3, -0.25) is 14.6 Å². The largest absolute Gasteiger partial charge is 0.481 e. The zero-order valence-electron chi connectivity index (χ0n) is 16.7. The van der Waals surface area contributed by atoms with Crippen molar-refractivity contribution in [2.75, 3.05) is 11.5 Å². The Kier molecular flexibility index (Phi) is 5.83. The monoisotopic (exact) mass is 466 g/mol. The van der Waals surface area contributed by atoms with Gasteiger partial charge in [-0.1, -0.05) is 0 Å². The second kappa shape index (κ2) is 7.72. The van der Waals surface area contributed by atoms with Crippen LogP contribution in [0.4, 0.5) is 17.6 Å². The Morgan fingerprint density at radius 2 is 1.87 bits per heavy atom. The van der Waals surface area contributed by atoms with Gasteiger partial charge >= 0.3 is 6.18 Å². The number of sulfone groups is 1. The summed E-state index contributed by atoms with van der Waals surface area (Å²) in [5.74, 6) is -2.73. The molecular weight excluding hydrogens is 444 g/mol. The molecule has 1 aromatic rings. The van der Waals surface area contributed by atoms with Crippen LogP contribution in [0.2, 0.25) is 0 Å². The number of aromatic nitrogens is 1. The fraction of sp³-hybridized carbons (Fsp3) is 0.632. The predicted octanol–water partition coefficient (Wildman–Crippen LogP) is 2.62. The van der Waals surface area contributed by atoms with Gasteiger partial charge in [-0.15, -0.1) is 0 Å². The van der Waals surface area contributed by atoms with Crippen molar-refractivity contribution in [1.82, 2.24) is 4.98 Å². The Morgan fingerprint density at radius 1 is 1.26 bits per heavy atom. The number of ketones is 1. The molecule has 0 radical (unpaired) electrons. The van der Waals surface area contributed by atoms with Gasteiger partial charge in [0, 0.05) is 36.1 Å². The first-order chi connectivity index (χ1) is 14.1. The van der Waals surface area contributed by atoms with Crippen LogP contribution in [0, 0.1) is 5.41 Å². The normalized spacial score (nSPS) is 22.0. The molecule has 2 heterocycles. The molecule has 2 fully saturated rings. The molecular formula is C19H22F4N2O5S. The van der Waals surface area contributed by atoms with E-state index in [1.807, 2.05) is 0 Å². The summed E-state index contributed by atoms with van der Waals surface area (Å²) in [4.78, 5) is 28.0. The molecule has 0 bridgehead atoms. The van der Waals surface area contributed by atoms with Gasteiger partial charge in [-0.05, 0) is 26.2 Å². The first-order valence-electron chi connectivity index (χ1n) is 9.60. The molecule has 0 unspecified atom stereocenters. The highest BCUT2D eigenvalue weighted by Crippen LogP contribution is 2.49. The van der Waals surface area contributed by atoms with Crippen LogP contribution in [-0.4, -0.2) is 48.9 Å². The van der Waals surface area contributed by atoms with Crippen molar-refractivity contribution < 1.29 is 40.3 Å². The molecule has 0 aromatic carbocycles. The lowest BCUT2D eigenvalue weighted by Crippen LogP contribution is -2.51. The van der Waals surface area contributed by atoms with E-state index in [4.69, 9.17) is 10.5 Å². The van der Waals surface area contributed by atoms with E-state index in [2.05, 4.69) is 4.98 Å². The van der Waals surface area contributed by atoms with E-state index in [1.54, 1.807) is 0 Å². The number of nitrogens with two attached hydrogens (primary N) is 1. The molecule has 172 valence electrons. The fourth-order valence-electron chi connectivity index (χ4n) is 4.00. The van der Waals surface area contributed by atoms with Crippen LogP contribution in [0.15, 0.2) is 12.3 Å². The number of ether oxygens (including phenoxy) is 1. The molecule has 0 spiro atoms. The van der Waals surface area contributed by atoms with Crippen molar-refractivity contribution in [2.24, 2.45) is 11.1 Å². The number of rotatable bonds is 8. The van der Waals surface area contributed by atoms with E-state index >= 15 is 0 Å². The van der Waals surface area contributed by atoms with Crippen LogP contribution in [0.5, 0.6) is 5.75 Å². The maximum Gasteiger partial charge on any atom is 0.425 e. The lowest BCUT2D eigenvalue weighted by Gasteiger charge is -2.39. The lowest BCUT2D eigenvalue weighted by molar-refractivity contribution is -0.189. The predicted molar refractivity (Wildman–Crippen MR) is 101 cm³/mol. The van der Waals surface area contributed by atoms with Crippen molar-refractivity contribution >= 4 is 21.5 Å². The summed E-state index contributed by atoms with van der Waals surface area (Å²) in [7, 11) is -3.40. The molecule has 1 aromatic heterocycles. The maximum atomic E-state index is 14.9. The molecule has 2 N–H and O–H groups in total. The van der Waals surface area contributed by atoms with Gasteiger partial charge in [0.05, 0.1) is 11.5 Å². The number of pyridine rings is 1. The minimum absolute atomic E-state index is 0.0955. The summed E-state index contributed by atoms with van der Waals surface area (Å²) in [5, 5.41) is 0. The Morgan fingerprint density at radius 3 is 2.32 bits per heavy atom. The van der Waals surface area contributed by atoms with Crippen LogP contribution in [-0.2, 0) is 20.3 Å². The molecule has 1 saturated heterocycles. The topological polar surface area (TPSA) is 116 Å². The van der Waals surface area contributed by atoms with Gasteiger partial charge in [0.1, 0.15) is 17.1 Å². The molecule has 1 aliphatic heterocycles. The molecule has 3 rings (SSSR count). The van der Waals surface area contributed by atoms with Crippen LogP contribution in [0.3, 0.4) is 0 Å². The van der Waals surface area contributed by atoms with E-state index in [9.17, 15) is 35.6 Å². The summed E-state index contributed by atoms with van der Waals surface area (Å²) in [6.07, 6.45) is -5.96. The molecule has 1 amide bonds. The second-order valence-corrected chi connectivity index (χ2v) is 10.5. The number of carbonyl (C=O) groups excluding carboxylic acids is 2. The number of halogens is 4. The highest BCUT2D eigenvalue weighted by Gasteiger charge is 2.51. The lowest BCUT2D eigenvalue weighted by atomic mass is 9.76. The molecule has 2 aliphatic rings. The van der Waals surface area contributed by atoms with Crippen LogP contribution in [0.1, 0.15) is 55.1 Å². The number of nitrogens with zero attached hydrogens (tertiary/aromatic N) is 1. The molecule has 12 heteroatoms. The number of amides is 1. The average Bonchev–Trinajstić information content (AvgIpc) is 2.56. The molecule has 1 aliphatic carbocycles. The van der Waals surface area contributed by atoms with Gasteiger partial charge in [-0.25, -0.2) is 12.8 Å². The van der Waals surface area contributed by atoms with E-state index in [0.717, 1.165) is 19.2 Å². The average molecular weight is 466 g/mol. The Bertz CT molecular complexity index is 993. The molecule has 31 heavy (non-hydrogen) atoms. The fourth-order valence-corrected chi connectivity index (χ4v) is 6.19. The van der Waals surface area contributed by atoms with Crippen molar-refractivity contribution in [1.29, 1.82) is 0 Å². The maximum absolute atomic E-state index is 14.9. The first-order valence-corrected chi connectivity index (χ1v) is 11.4. The number of primary amides is 1. The zero-order chi connectivity index (χ0) is 23.2. The van der Waals surface area contributed by atoms with E-state index < -0.39 is 68.6 Å². The Labute approximate surface area is 176 Å². The van der Waals surface area contributed by atoms with Gasteiger partial charge < -0.3 is 10.5 Å². The van der Waals surface area contributed by atoms with Crippen molar-refractivity contribution in [3.63, 3.8) is 0 Å². The van der Waals surface area contributed by atoms with E-state index in [-0.39, 0.29) is 30.5 Å². The van der Waals surface area contributed by atoms with Crippen LogP contribution in [0.25, 0.3) is 0 Å². The highest BCUT2D eigenvalue weighted by molar-refractivity contribution is 7.92. The molecule has 1 atom stereocenters. The quantitative estimate of drug-likeness (QED) is 0.465. The van der Waals surface area contributed by atoms with Crippen molar-refractivity contribution in [2.45, 2.75) is 57.0 Å². The first kappa shape index (κ1) is 23.4. The Hall–Kier alpha value is -2.24. The number of Topliss-reactive ketones (excluding diaryl/α,β-unsaturated/α-hetero) is 1. The van der Waals surface area contributed by atoms with E-state index in [1.165, 1.54) is 0 Å². The number of hydrogen-bond donors (Lipinski definition) is 1. The summed E-state index contributed by atoms with van der Waals surface area (Å²) in [5.41, 5.74) is 1.64. The van der Waals surface area contributed by atoms with Gasteiger partial charge in [0.15, 0.2) is 21.7 Å². The SMILES string of the molecule is C[C@H](Oc1cc(C(=O)CC2(CC(N)=O)CS(=O)(=O)C2)ncc1C1(F)CCC1)C(F)(F)F. The summed E-state index contributed by atoms with van der Waals surface area (Å²) >= 11 is 0. The third-order valence-electron chi connectivity index (χ3n) is 5.68. The third kappa shape index (κ3) is 4.99. The minimum atomic E-state index is -4.71. The van der Waals surface area contributed by atoms with Gasteiger partial charge in [0.2, 0.25) is 5.91 Å². The zero-order valence-corrected chi connectivity index (χ0v) is 17.5. The van der Waals surface area contributed by atoms with Crippen LogP contribution < -0.4 is 10.5 Å². The Balaban J connectivity index is 1.89. The van der Waals surface area contributed by atoms with Crippen LogP contribution >= 0.6 is 0 Å². The minimum Gasteiger partial charge on any atom is -0.481 e. The number of hydrogen-bond acceptors (Lipinski definition) is 6. The van der Waals surface area contributed by atoms with Crippen molar-refractivity contribution in [3.05, 3.63) is 23.5 Å². The molecule has 7 nitrogen and oxygen atoms in total. The number of alkyl halides is 4. The standard InChI is InChI=1S/C19H22F4N2O5S/c1-11(19(21,22)23)30-15-5-13(25-8-12(15)18(20)3-2-4-18)14(26)6-17(7-16(24)27)9-31(28,29)10-17/h5,8,11H,2-4,6-7,9-10H2,1H3,(H2,24,27)/t11-/m0/s1. The van der Waals surface area contributed by atoms with Gasteiger partial charge in [-0.2, -0.15) is 13.2 Å². The third-order valence-corrected chi connectivity index (χ3v) is 7.79.